The zero-order valence-corrected chi connectivity index (χ0v) is 6.49. The molecule has 1 unspecified atom stereocenters. The maximum absolute atomic E-state index is 10.0. The summed E-state index contributed by atoms with van der Waals surface area (Å²) in [7, 11) is 0. The first-order valence-corrected chi connectivity index (χ1v) is 4.21. The molecule has 0 saturated carbocycles. The predicted octanol–water partition coefficient (Wildman–Crippen LogP) is 0.764. The Labute approximate surface area is 66.1 Å². The zero-order chi connectivity index (χ0) is 7.68. The standard InChI is InChI=1S/C8H12N2O/c11-6-9-8-5-7-1-3-10(8)4-2-7/h7-8H,1-5H2. The molecule has 0 aromatic rings. The van der Waals surface area contributed by atoms with Crippen molar-refractivity contribution in [2.45, 2.75) is 25.4 Å². The van der Waals surface area contributed by atoms with Gasteiger partial charge in [0.2, 0.25) is 6.08 Å². The molecule has 3 nitrogen and oxygen atoms in total. The van der Waals surface area contributed by atoms with Crippen LogP contribution < -0.4 is 0 Å². The lowest BCUT2D eigenvalue weighted by molar-refractivity contribution is 0.0544. The van der Waals surface area contributed by atoms with Gasteiger partial charge < -0.3 is 0 Å². The quantitative estimate of drug-likeness (QED) is 0.410. The second kappa shape index (κ2) is 2.76. The maximum atomic E-state index is 10.0. The highest BCUT2D eigenvalue weighted by molar-refractivity contribution is 5.33. The van der Waals surface area contributed by atoms with Crippen LogP contribution in [0.5, 0.6) is 0 Å². The molecule has 3 aliphatic heterocycles. The predicted molar refractivity (Wildman–Crippen MR) is 40.8 cm³/mol. The fourth-order valence-corrected chi connectivity index (χ4v) is 2.13. The largest absolute Gasteiger partial charge is 0.281 e. The van der Waals surface area contributed by atoms with Gasteiger partial charge >= 0.3 is 0 Å². The van der Waals surface area contributed by atoms with Crippen LogP contribution in [0.4, 0.5) is 0 Å². The third-order valence-electron chi connectivity index (χ3n) is 2.82. The molecule has 11 heavy (non-hydrogen) atoms. The number of fused-ring (bicyclic) bond motifs is 3. The summed E-state index contributed by atoms with van der Waals surface area (Å²) >= 11 is 0. The van der Waals surface area contributed by atoms with Gasteiger partial charge in [-0.2, -0.15) is 4.99 Å². The Morgan fingerprint density at radius 2 is 2.09 bits per heavy atom. The molecule has 0 aliphatic carbocycles. The number of aliphatic imine (C=N–C) groups is 1. The normalized spacial score (nSPS) is 41.6. The van der Waals surface area contributed by atoms with Crippen LogP contribution in [-0.2, 0) is 4.79 Å². The fraction of sp³-hybridized carbons (Fsp3) is 0.875. The Balaban J connectivity index is 2.08. The van der Waals surface area contributed by atoms with Crippen molar-refractivity contribution < 1.29 is 4.79 Å². The van der Waals surface area contributed by atoms with Crippen molar-refractivity contribution in [3.8, 4) is 0 Å². The highest BCUT2D eigenvalue weighted by Gasteiger charge is 2.33. The monoisotopic (exact) mass is 152 g/mol. The Morgan fingerprint density at radius 1 is 1.36 bits per heavy atom. The van der Waals surface area contributed by atoms with E-state index in [0.29, 0.717) is 0 Å². The highest BCUT2D eigenvalue weighted by atomic mass is 16.1. The Hall–Kier alpha value is -0.660. The number of hydrogen-bond acceptors (Lipinski definition) is 3. The number of rotatable bonds is 1. The summed E-state index contributed by atoms with van der Waals surface area (Å²) in [5, 5.41) is 0. The van der Waals surface area contributed by atoms with Gasteiger partial charge in [0.15, 0.2) is 0 Å². The van der Waals surface area contributed by atoms with Crippen LogP contribution in [0, 0.1) is 5.92 Å². The van der Waals surface area contributed by atoms with E-state index < -0.39 is 0 Å². The van der Waals surface area contributed by atoms with E-state index in [0.717, 1.165) is 25.4 Å². The van der Waals surface area contributed by atoms with E-state index in [9.17, 15) is 4.79 Å². The van der Waals surface area contributed by atoms with Crippen LogP contribution >= 0.6 is 0 Å². The number of hydrogen-bond donors (Lipinski definition) is 0. The summed E-state index contributed by atoms with van der Waals surface area (Å²) in [6.07, 6.45) is 5.49. The summed E-state index contributed by atoms with van der Waals surface area (Å²) in [4.78, 5) is 16.1. The second-order valence-electron chi connectivity index (χ2n) is 3.42. The van der Waals surface area contributed by atoms with Crippen molar-refractivity contribution >= 4 is 6.08 Å². The molecule has 3 heterocycles. The average Bonchev–Trinajstić information content (AvgIpc) is 2.07. The van der Waals surface area contributed by atoms with Crippen LogP contribution in [0.1, 0.15) is 19.3 Å². The van der Waals surface area contributed by atoms with Gasteiger partial charge in [0, 0.05) is 13.1 Å². The molecule has 0 N–H and O–H groups in total. The van der Waals surface area contributed by atoms with E-state index in [1.165, 1.54) is 12.8 Å². The summed E-state index contributed by atoms with van der Waals surface area (Å²) in [6, 6.07) is 0. The molecule has 1 atom stereocenters. The van der Waals surface area contributed by atoms with Gasteiger partial charge in [0.05, 0.1) is 0 Å². The lowest BCUT2D eigenvalue weighted by Gasteiger charge is -2.42. The molecule has 3 rings (SSSR count). The molecule has 3 saturated heterocycles. The van der Waals surface area contributed by atoms with Crippen LogP contribution in [0.3, 0.4) is 0 Å². The fourth-order valence-electron chi connectivity index (χ4n) is 2.13. The summed E-state index contributed by atoms with van der Waals surface area (Å²) in [5.41, 5.74) is 0. The molecule has 2 bridgehead atoms. The van der Waals surface area contributed by atoms with E-state index in [1.54, 1.807) is 6.08 Å². The van der Waals surface area contributed by atoms with Gasteiger partial charge in [0.25, 0.3) is 0 Å². The molecular formula is C8H12N2O. The van der Waals surface area contributed by atoms with Crippen LogP contribution in [0.15, 0.2) is 4.99 Å². The minimum absolute atomic E-state index is 0.167. The smallest absolute Gasteiger partial charge is 0.236 e. The molecule has 0 amide bonds. The Morgan fingerprint density at radius 3 is 2.55 bits per heavy atom. The van der Waals surface area contributed by atoms with E-state index >= 15 is 0 Å². The summed E-state index contributed by atoms with van der Waals surface area (Å²) in [5.74, 6) is 0.821. The SMILES string of the molecule is O=C=NC1CC2CCN1CC2. The van der Waals surface area contributed by atoms with Crippen molar-refractivity contribution in [1.82, 2.24) is 4.90 Å². The van der Waals surface area contributed by atoms with Crippen molar-refractivity contribution in [3.63, 3.8) is 0 Å². The molecular weight excluding hydrogens is 140 g/mol. The first kappa shape index (κ1) is 7.01. The van der Waals surface area contributed by atoms with Gasteiger partial charge in [0.1, 0.15) is 6.17 Å². The van der Waals surface area contributed by atoms with Crippen molar-refractivity contribution in [1.29, 1.82) is 0 Å². The Bertz CT molecular complexity index is 190. The minimum Gasteiger partial charge on any atom is -0.281 e. The van der Waals surface area contributed by atoms with Crippen LogP contribution in [0.25, 0.3) is 0 Å². The van der Waals surface area contributed by atoms with Gasteiger partial charge in [-0.15, -0.1) is 0 Å². The van der Waals surface area contributed by atoms with Gasteiger partial charge in [-0.25, -0.2) is 4.79 Å². The average molecular weight is 152 g/mol. The topological polar surface area (TPSA) is 32.7 Å². The molecule has 0 aromatic carbocycles. The van der Waals surface area contributed by atoms with Gasteiger partial charge in [-0.1, -0.05) is 0 Å². The number of piperidine rings is 3. The molecule has 3 fully saturated rings. The Kier molecular flexibility index (Phi) is 1.76. The molecule has 0 radical (unpaired) electrons. The van der Waals surface area contributed by atoms with Crippen molar-refractivity contribution in [2.75, 3.05) is 13.1 Å². The molecule has 0 spiro atoms. The van der Waals surface area contributed by atoms with E-state index in [2.05, 4.69) is 9.89 Å². The van der Waals surface area contributed by atoms with Gasteiger partial charge in [-0.05, 0) is 25.2 Å². The van der Waals surface area contributed by atoms with Crippen LogP contribution in [-0.4, -0.2) is 30.2 Å². The molecule has 3 aliphatic rings. The molecule has 3 heteroatoms. The zero-order valence-electron chi connectivity index (χ0n) is 6.49. The first-order valence-electron chi connectivity index (χ1n) is 4.21. The highest BCUT2D eigenvalue weighted by Crippen LogP contribution is 2.31. The second-order valence-corrected chi connectivity index (χ2v) is 3.42. The number of carbonyl (C=O) groups excluding carboxylic acids is 1. The molecule has 0 aromatic heterocycles. The summed E-state index contributed by atoms with van der Waals surface area (Å²) in [6.45, 7) is 2.25. The lowest BCUT2D eigenvalue weighted by atomic mass is 9.86. The van der Waals surface area contributed by atoms with E-state index in [-0.39, 0.29) is 6.17 Å². The first-order chi connectivity index (χ1) is 5.40. The lowest BCUT2D eigenvalue weighted by Crippen LogP contribution is -2.47. The van der Waals surface area contributed by atoms with Crippen LogP contribution in [0.2, 0.25) is 0 Å². The van der Waals surface area contributed by atoms with Crippen molar-refractivity contribution in [2.24, 2.45) is 10.9 Å². The van der Waals surface area contributed by atoms with Crippen molar-refractivity contribution in [3.05, 3.63) is 0 Å². The number of isocyanates is 1. The minimum atomic E-state index is 0.167. The number of nitrogens with zero attached hydrogens (tertiary/aromatic N) is 2. The maximum Gasteiger partial charge on any atom is 0.236 e. The van der Waals surface area contributed by atoms with E-state index in [1.807, 2.05) is 0 Å². The van der Waals surface area contributed by atoms with E-state index in [4.69, 9.17) is 0 Å². The summed E-state index contributed by atoms with van der Waals surface area (Å²) < 4.78 is 0. The molecule has 60 valence electrons. The third kappa shape index (κ3) is 1.22. The van der Waals surface area contributed by atoms with Gasteiger partial charge in [-0.3, -0.25) is 4.90 Å². The third-order valence-corrected chi connectivity index (χ3v) is 2.82.